The molecule has 0 aromatic heterocycles. The van der Waals surface area contributed by atoms with Crippen molar-refractivity contribution >= 4 is 0 Å². The van der Waals surface area contributed by atoms with Crippen molar-refractivity contribution in [2.75, 3.05) is 19.6 Å². The summed E-state index contributed by atoms with van der Waals surface area (Å²) in [6.45, 7) is 8.28. The Balaban J connectivity index is 2.71. The maximum absolute atomic E-state index is 13.0. The minimum Gasteiger partial charge on any atom is -0.312 e. The van der Waals surface area contributed by atoms with Crippen LogP contribution in [0.25, 0.3) is 0 Å². The lowest BCUT2D eigenvalue weighted by Gasteiger charge is -2.42. The first-order valence-corrected chi connectivity index (χ1v) is 8.48. The first-order valence-electron chi connectivity index (χ1n) is 8.48. The van der Waals surface area contributed by atoms with Crippen molar-refractivity contribution in [1.82, 2.24) is 10.2 Å². The Bertz CT molecular complexity index is 281. The largest absolute Gasteiger partial charge is 0.393 e. The molecule has 0 aliphatic carbocycles. The molecule has 2 nitrogen and oxygen atoms in total. The topological polar surface area (TPSA) is 15.3 Å². The van der Waals surface area contributed by atoms with Gasteiger partial charge in [0.25, 0.3) is 0 Å². The molecule has 1 fully saturated rings. The van der Waals surface area contributed by atoms with Gasteiger partial charge in [-0.05, 0) is 45.2 Å². The minimum atomic E-state index is -4.05. The summed E-state index contributed by atoms with van der Waals surface area (Å²) in [6, 6.07) is 0.536. The van der Waals surface area contributed by atoms with Crippen molar-refractivity contribution in [3.63, 3.8) is 0 Å². The predicted octanol–water partition coefficient (Wildman–Crippen LogP) is 4.21. The van der Waals surface area contributed by atoms with Gasteiger partial charge < -0.3 is 5.32 Å². The summed E-state index contributed by atoms with van der Waals surface area (Å²) in [7, 11) is 0. The molecule has 126 valence electrons. The molecule has 1 heterocycles. The van der Waals surface area contributed by atoms with Gasteiger partial charge >= 0.3 is 6.18 Å². The zero-order valence-electron chi connectivity index (χ0n) is 13.7. The lowest BCUT2D eigenvalue weighted by molar-refractivity contribution is -0.189. The van der Waals surface area contributed by atoms with E-state index in [1.807, 2.05) is 0 Å². The second kappa shape index (κ2) is 8.99. The zero-order valence-corrected chi connectivity index (χ0v) is 13.7. The summed E-state index contributed by atoms with van der Waals surface area (Å²) in [5.74, 6) is -1.14. The second-order valence-electron chi connectivity index (χ2n) is 6.20. The third-order valence-electron chi connectivity index (χ3n) is 4.52. The molecule has 1 aliphatic rings. The van der Waals surface area contributed by atoms with Crippen LogP contribution >= 0.6 is 0 Å². The number of nitrogens with one attached hydrogen (secondary N) is 1. The molecule has 1 rings (SSSR count). The number of rotatable bonds is 8. The third-order valence-corrected chi connectivity index (χ3v) is 4.52. The summed E-state index contributed by atoms with van der Waals surface area (Å²) in [4.78, 5) is 2.09. The highest BCUT2D eigenvalue weighted by Gasteiger charge is 2.43. The van der Waals surface area contributed by atoms with Crippen molar-refractivity contribution in [3.8, 4) is 0 Å². The summed E-state index contributed by atoms with van der Waals surface area (Å²) in [5.41, 5.74) is 0. The van der Waals surface area contributed by atoms with Gasteiger partial charge in [-0.15, -0.1) is 0 Å². The SMILES string of the molecule is CCCNC(CCC)C(CC)N1CCCC(C(F)(F)F)C1. The van der Waals surface area contributed by atoms with Crippen molar-refractivity contribution in [2.45, 2.75) is 77.6 Å². The Kier molecular flexibility index (Phi) is 8.03. The fourth-order valence-electron chi connectivity index (χ4n) is 3.44. The van der Waals surface area contributed by atoms with Crippen LogP contribution in [0.4, 0.5) is 13.2 Å². The molecule has 0 spiro atoms. The van der Waals surface area contributed by atoms with Crippen molar-refractivity contribution in [2.24, 2.45) is 5.92 Å². The van der Waals surface area contributed by atoms with Crippen molar-refractivity contribution < 1.29 is 13.2 Å². The van der Waals surface area contributed by atoms with E-state index in [9.17, 15) is 13.2 Å². The normalized spacial score (nSPS) is 24.0. The number of likely N-dealkylation sites (tertiary alicyclic amines) is 1. The van der Waals surface area contributed by atoms with Gasteiger partial charge in [-0.25, -0.2) is 0 Å². The number of piperidine rings is 1. The molecule has 1 N–H and O–H groups in total. The highest BCUT2D eigenvalue weighted by molar-refractivity contribution is 4.88. The first kappa shape index (κ1) is 18.8. The van der Waals surface area contributed by atoms with Crippen LogP contribution in [-0.4, -0.2) is 42.8 Å². The Labute approximate surface area is 127 Å². The van der Waals surface area contributed by atoms with Crippen LogP contribution in [0.5, 0.6) is 0 Å². The molecule has 21 heavy (non-hydrogen) atoms. The van der Waals surface area contributed by atoms with Crippen LogP contribution < -0.4 is 5.32 Å². The maximum atomic E-state index is 13.0. The molecule has 0 radical (unpaired) electrons. The molecule has 3 atom stereocenters. The smallest absolute Gasteiger partial charge is 0.312 e. The molecule has 1 aliphatic heterocycles. The van der Waals surface area contributed by atoms with E-state index in [4.69, 9.17) is 0 Å². The number of hydrogen-bond acceptors (Lipinski definition) is 2. The van der Waals surface area contributed by atoms with Gasteiger partial charge in [-0.1, -0.05) is 27.2 Å². The van der Waals surface area contributed by atoms with Gasteiger partial charge in [0.05, 0.1) is 5.92 Å². The van der Waals surface area contributed by atoms with Crippen LogP contribution in [0, 0.1) is 5.92 Å². The van der Waals surface area contributed by atoms with Gasteiger partial charge in [0.2, 0.25) is 0 Å². The van der Waals surface area contributed by atoms with Gasteiger partial charge in [0, 0.05) is 18.6 Å². The molecule has 0 amide bonds. The molecule has 0 saturated carbocycles. The lowest BCUT2D eigenvalue weighted by Crippen LogP contribution is -2.54. The predicted molar refractivity (Wildman–Crippen MR) is 81.4 cm³/mol. The van der Waals surface area contributed by atoms with Crippen molar-refractivity contribution in [3.05, 3.63) is 0 Å². The number of nitrogens with zero attached hydrogens (tertiary/aromatic N) is 1. The average molecular weight is 308 g/mol. The van der Waals surface area contributed by atoms with Gasteiger partial charge in [-0.2, -0.15) is 13.2 Å². The third kappa shape index (κ3) is 5.78. The Morgan fingerprint density at radius 3 is 2.43 bits per heavy atom. The Morgan fingerprint density at radius 1 is 1.19 bits per heavy atom. The zero-order chi connectivity index (χ0) is 15.9. The number of hydrogen-bond donors (Lipinski definition) is 1. The molecule has 0 aromatic rings. The molecular weight excluding hydrogens is 277 g/mol. The summed E-state index contributed by atoms with van der Waals surface area (Å²) < 4.78 is 39.0. The van der Waals surface area contributed by atoms with E-state index >= 15 is 0 Å². The second-order valence-corrected chi connectivity index (χ2v) is 6.20. The highest BCUT2D eigenvalue weighted by atomic mass is 19.4. The quantitative estimate of drug-likeness (QED) is 0.722. The minimum absolute atomic E-state index is 0.177. The van der Waals surface area contributed by atoms with Crippen LogP contribution in [0.3, 0.4) is 0 Å². The van der Waals surface area contributed by atoms with Gasteiger partial charge in [-0.3, -0.25) is 4.90 Å². The molecular formula is C16H31F3N2. The van der Waals surface area contributed by atoms with E-state index in [0.29, 0.717) is 12.5 Å². The fraction of sp³-hybridized carbons (Fsp3) is 1.00. The van der Waals surface area contributed by atoms with Crippen LogP contribution in [0.15, 0.2) is 0 Å². The van der Waals surface area contributed by atoms with Crippen LogP contribution in [-0.2, 0) is 0 Å². The molecule has 0 bridgehead atoms. The molecule has 0 aromatic carbocycles. The molecule has 3 unspecified atom stereocenters. The molecule has 1 saturated heterocycles. The monoisotopic (exact) mass is 308 g/mol. The van der Waals surface area contributed by atoms with Gasteiger partial charge in [0.15, 0.2) is 0 Å². The Hall–Kier alpha value is -0.290. The summed E-state index contributed by atoms with van der Waals surface area (Å²) in [6.07, 6.45) is 0.965. The van der Waals surface area contributed by atoms with Crippen molar-refractivity contribution in [1.29, 1.82) is 0 Å². The van der Waals surface area contributed by atoms with E-state index in [2.05, 4.69) is 31.0 Å². The lowest BCUT2D eigenvalue weighted by atomic mass is 9.92. The maximum Gasteiger partial charge on any atom is 0.393 e. The van der Waals surface area contributed by atoms with Gasteiger partial charge in [0.1, 0.15) is 0 Å². The van der Waals surface area contributed by atoms with Crippen LogP contribution in [0.1, 0.15) is 59.3 Å². The highest BCUT2D eigenvalue weighted by Crippen LogP contribution is 2.34. The summed E-state index contributed by atoms with van der Waals surface area (Å²) in [5, 5.41) is 3.55. The van der Waals surface area contributed by atoms with E-state index in [-0.39, 0.29) is 19.0 Å². The fourth-order valence-corrected chi connectivity index (χ4v) is 3.44. The first-order chi connectivity index (χ1) is 9.93. The summed E-state index contributed by atoms with van der Waals surface area (Å²) >= 11 is 0. The van der Waals surface area contributed by atoms with E-state index in [1.54, 1.807) is 0 Å². The number of alkyl halides is 3. The Morgan fingerprint density at radius 2 is 1.90 bits per heavy atom. The van der Waals surface area contributed by atoms with E-state index in [0.717, 1.165) is 38.8 Å². The molecule has 5 heteroatoms. The van der Waals surface area contributed by atoms with E-state index < -0.39 is 12.1 Å². The standard InChI is InChI=1S/C16H31F3N2/c1-4-8-14(20-10-5-2)15(6-3)21-11-7-9-13(12-21)16(17,18)19/h13-15,20H,4-12H2,1-3H3. The average Bonchev–Trinajstić information content (AvgIpc) is 2.45. The number of halogens is 3. The van der Waals surface area contributed by atoms with Crippen LogP contribution in [0.2, 0.25) is 0 Å². The van der Waals surface area contributed by atoms with E-state index in [1.165, 1.54) is 0 Å².